The quantitative estimate of drug-likeness (QED) is 0.214. The number of aliphatic hydroxyl groups excluding tert-OH is 1. The highest BCUT2D eigenvalue weighted by atomic mass is 79.9. The van der Waals surface area contributed by atoms with Gasteiger partial charge in [0.25, 0.3) is 5.69 Å². The monoisotopic (exact) mass is 540 g/mol. The molecule has 15 heteroatoms. The fourth-order valence-electron chi connectivity index (χ4n) is 2.75. The minimum atomic E-state index is -0.820. The van der Waals surface area contributed by atoms with E-state index in [0.717, 1.165) is 12.1 Å². The van der Waals surface area contributed by atoms with Crippen molar-refractivity contribution in [2.75, 3.05) is 38.0 Å². The lowest BCUT2D eigenvalue weighted by Crippen LogP contribution is -2.24. The second kappa shape index (κ2) is 12.0. The number of non-ortho nitro benzene ring substituents is 1. The van der Waals surface area contributed by atoms with Crippen molar-refractivity contribution < 1.29 is 29.2 Å². The maximum absolute atomic E-state index is 11.7. The van der Waals surface area contributed by atoms with E-state index in [4.69, 9.17) is 9.47 Å². The summed E-state index contributed by atoms with van der Waals surface area (Å²) in [4.78, 5) is 32.6. The number of nitrogens with zero attached hydrogens (tertiary/aromatic N) is 4. The molecule has 0 radical (unpaired) electrons. The van der Waals surface area contributed by atoms with Gasteiger partial charge in [-0.2, -0.15) is 0 Å². The lowest BCUT2D eigenvalue weighted by Gasteiger charge is -2.17. The van der Waals surface area contributed by atoms with E-state index in [2.05, 4.69) is 36.8 Å². The fraction of sp³-hybridized carbons (Fsp3) is 0.316. The predicted molar refractivity (Wildman–Crippen MR) is 125 cm³/mol. The van der Waals surface area contributed by atoms with Gasteiger partial charge in [-0.15, -0.1) is 10.2 Å². The lowest BCUT2D eigenvalue weighted by molar-refractivity contribution is -0.393. The van der Waals surface area contributed by atoms with Gasteiger partial charge < -0.3 is 25.2 Å². The maximum atomic E-state index is 11.7. The molecular weight excluding hydrogens is 520 g/mol. The summed E-state index contributed by atoms with van der Waals surface area (Å²) in [6.45, 7) is 1.49. The van der Waals surface area contributed by atoms with E-state index in [-0.39, 0.29) is 40.4 Å². The molecular formula is C19H21BrN6O8. The van der Waals surface area contributed by atoms with Crippen molar-refractivity contribution >= 4 is 56.0 Å². The molecule has 1 atom stereocenters. The van der Waals surface area contributed by atoms with Gasteiger partial charge in [-0.1, -0.05) is 0 Å². The number of amides is 1. The number of nitro groups is 2. The molecule has 0 saturated carbocycles. The number of ether oxygens (including phenoxy) is 2. The molecule has 34 heavy (non-hydrogen) atoms. The van der Waals surface area contributed by atoms with Crippen LogP contribution in [0.5, 0.6) is 5.75 Å². The molecule has 2 aromatic rings. The van der Waals surface area contributed by atoms with Gasteiger partial charge in [-0.05, 0) is 22.0 Å². The van der Waals surface area contributed by atoms with Crippen LogP contribution >= 0.6 is 15.9 Å². The Kier molecular flexibility index (Phi) is 9.35. The summed E-state index contributed by atoms with van der Waals surface area (Å²) in [7, 11) is 2.84. The molecule has 2 aromatic carbocycles. The third kappa shape index (κ3) is 6.90. The largest absolute Gasteiger partial charge is 0.495 e. The van der Waals surface area contributed by atoms with Gasteiger partial charge in [-0.25, -0.2) is 0 Å². The summed E-state index contributed by atoms with van der Waals surface area (Å²) in [6, 6.07) is 4.75. The van der Waals surface area contributed by atoms with Gasteiger partial charge in [-0.3, -0.25) is 25.0 Å². The average Bonchev–Trinajstić information content (AvgIpc) is 2.76. The van der Waals surface area contributed by atoms with Gasteiger partial charge >= 0.3 is 5.69 Å². The van der Waals surface area contributed by atoms with Gasteiger partial charge in [0.1, 0.15) is 11.4 Å². The molecule has 0 aliphatic rings. The molecule has 0 unspecified atom stereocenters. The van der Waals surface area contributed by atoms with E-state index >= 15 is 0 Å². The third-order valence-electron chi connectivity index (χ3n) is 4.21. The number of rotatable bonds is 11. The number of methoxy groups -OCH3 is 2. The number of benzene rings is 2. The normalized spacial score (nSPS) is 11.8. The van der Waals surface area contributed by atoms with Crippen LogP contribution in [0.4, 0.5) is 34.1 Å². The van der Waals surface area contributed by atoms with Gasteiger partial charge in [0.15, 0.2) is 5.69 Å². The zero-order valence-corrected chi connectivity index (χ0v) is 19.9. The molecule has 0 saturated heterocycles. The molecule has 2 rings (SSSR count). The zero-order chi connectivity index (χ0) is 25.4. The highest BCUT2D eigenvalue weighted by Gasteiger charge is 2.24. The molecule has 0 aliphatic carbocycles. The van der Waals surface area contributed by atoms with E-state index in [9.17, 15) is 30.1 Å². The summed E-state index contributed by atoms with van der Waals surface area (Å²) < 4.78 is 10.2. The Labute approximate surface area is 201 Å². The first-order valence-electron chi connectivity index (χ1n) is 9.51. The highest BCUT2D eigenvalue weighted by molar-refractivity contribution is 9.10. The first kappa shape index (κ1) is 26.6. The molecule has 3 N–H and O–H groups in total. The van der Waals surface area contributed by atoms with Crippen LogP contribution in [0.3, 0.4) is 0 Å². The summed E-state index contributed by atoms with van der Waals surface area (Å²) in [5.41, 5.74) is -0.681. The van der Waals surface area contributed by atoms with Crippen LogP contribution in [0.1, 0.15) is 6.92 Å². The van der Waals surface area contributed by atoms with Gasteiger partial charge in [0, 0.05) is 32.7 Å². The Morgan fingerprint density at radius 3 is 2.41 bits per heavy atom. The molecule has 0 aromatic heterocycles. The Balaban J connectivity index is 2.53. The summed E-state index contributed by atoms with van der Waals surface area (Å²) in [5.74, 6) is -0.139. The van der Waals surface area contributed by atoms with Crippen LogP contribution in [0.25, 0.3) is 0 Å². The number of nitro benzene ring substituents is 2. The van der Waals surface area contributed by atoms with Crippen molar-refractivity contribution in [3.05, 3.63) is 49.0 Å². The molecule has 1 amide bonds. The molecule has 14 nitrogen and oxygen atoms in total. The Morgan fingerprint density at radius 1 is 1.15 bits per heavy atom. The zero-order valence-electron chi connectivity index (χ0n) is 18.3. The standard InChI is InChI=1S/C19H21BrN6O8/c1-10(27)22-14-6-16(21-8-12(28)9-33-2)18(34-3)7-15(14)23-24-19-13(20)4-11(25(29)30)5-17(19)26(31)32/h4-7,12,21,28H,8-9H2,1-3H3,(H,22,27)/t12-/m1/s1. The van der Waals surface area contributed by atoms with Crippen LogP contribution in [0.2, 0.25) is 0 Å². The van der Waals surface area contributed by atoms with E-state index in [1.54, 1.807) is 0 Å². The number of azo groups is 1. The Bertz CT molecular complexity index is 1130. The van der Waals surface area contributed by atoms with Crippen molar-refractivity contribution in [3.8, 4) is 5.75 Å². The number of carbonyl (C=O) groups is 1. The van der Waals surface area contributed by atoms with Crippen LogP contribution in [0, 0.1) is 20.2 Å². The first-order chi connectivity index (χ1) is 16.1. The number of anilines is 2. The summed E-state index contributed by atoms with van der Waals surface area (Å²) >= 11 is 3.05. The van der Waals surface area contributed by atoms with Crippen LogP contribution in [-0.2, 0) is 9.53 Å². The summed E-state index contributed by atoms with van der Waals surface area (Å²) in [6.07, 6.45) is -0.807. The molecule has 182 valence electrons. The third-order valence-corrected chi connectivity index (χ3v) is 4.81. The van der Waals surface area contributed by atoms with Gasteiger partial charge in [0.2, 0.25) is 5.91 Å². The number of carbonyl (C=O) groups excluding carboxylic acids is 1. The van der Waals surface area contributed by atoms with E-state index < -0.39 is 33.2 Å². The number of hydrogen-bond donors (Lipinski definition) is 3. The van der Waals surface area contributed by atoms with E-state index in [1.165, 1.54) is 33.3 Å². The van der Waals surface area contributed by atoms with Crippen molar-refractivity contribution in [2.24, 2.45) is 10.2 Å². The average molecular weight is 541 g/mol. The van der Waals surface area contributed by atoms with E-state index in [0.29, 0.717) is 5.69 Å². The number of hydrogen-bond acceptors (Lipinski definition) is 11. The second-order valence-corrected chi connectivity index (χ2v) is 7.60. The molecule has 0 spiro atoms. The number of halogens is 1. The molecule has 0 bridgehead atoms. The van der Waals surface area contributed by atoms with Crippen LogP contribution < -0.4 is 15.4 Å². The van der Waals surface area contributed by atoms with E-state index in [1.807, 2.05) is 0 Å². The van der Waals surface area contributed by atoms with Crippen molar-refractivity contribution in [2.45, 2.75) is 13.0 Å². The second-order valence-electron chi connectivity index (χ2n) is 6.75. The minimum absolute atomic E-state index is 0.0180. The Hall–Kier alpha value is -3.69. The lowest BCUT2D eigenvalue weighted by atomic mass is 10.2. The fourth-order valence-corrected chi connectivity index (χ4v) is 3.26. The highest BCUT2D eigenvalue weighted by Crippen LogP contribution is 2.42. The topological polar surface area (TPSA) is 191 Å². The molecule has 0 fully saturated rings. The van der Waals surface area contributed by atoms with Gasteiger partial charge in [0.05, 0.1) is 51.6 Å². The first-order valence-corrected chi connectivity index (χ1v) is 10.3. The summed E-state index contributed by atoms with van der Waals surface area (Å²) in [5, 5.41) is 45.8. The predicted octanol–water partition coefficient (Wildman–Crippen LogP) is 4.07. The number of nitrogens with one attached hydrogen (secondary N) is 2. The van der Waals surface area contributed by atoms with Crippen LogP contribution in [-0.4, -0.2) is 54.3 Å². The van der Waals surface area contributed by atoms with Crippen molar-refractivity contribution in [1.82, 2.24) is 0 Å². The smallest absolute Gasteiger partial charge is 0.304 e. The Morgan fingerprint density at radius 2 is 1.85 bits per heavy atom. The SMILES string of the molecule is COC[C@H](O)CNc1cc(NC(C)=O)c(N=Nc2c(Br)cc([N+](=O)[O-])cc2[N+](=O)[O-])cc1OC. The minimum Gasteiger partial charge on any atom is -0.495 e. The van der Waals surface area contributed by atoms with Crippen LogP contribution in [0.15, 0.2) is 39.0 Å². The number of aliphatic hydroxyl groups is 1. The maximum Gasteiger partial charge on any atom is 0.304 e. The van der Waals surface area contributed by atoms with Crippen molar-refractivity contribution in [3.63, 3.8) is 0 Å². The molecule has 0 aliphatic heterocycles. The molecule has 0 heterocycles. The van der Waals surface area contributed by atoms with Crippen molar-refractivity contribution in [1.29, 1.82) is 0 Å².